The number of rotatable bonds is 7. The van der Waals surface area contributed by atoms with Gasteiger partial charge in [0.2, 0.25) is 10.0 Å². The van der Waals surface area contributed by atoms with Crippen molar-refractivity contribution in [3.05, 3.63) is 52.5 Å². The fourth-order valence-electron chi connectivity index (χ4n) is 4.38. The Kier molecular flexibility index (Phi) is 6.63. The monoisotopic (exact) mass is 535 g/mol. The van der Waals surface area contributed by atoms with Crippen LogP contribution >= 0.6 is 27.7 Å². The predicted molar refractivity (Wildman–Crippen MR) is 130 cm³/mol. The molecule has 3 aromatic rings. The van der Waals surface area contributed by atoms with Gasteiger partial charge in [-0.3, -0.25) is 0 Å². The minimum absolute atomic E-state index is 0.172. The maximum Gasteiger partial charge on any atom is 0.243 e. The molecular formula is C23H26BrN3O3S2. The van der Waals surface area contributed by atoms with Gasteiger partial charge in [-0.2, -0.15) is 4.31 Å². The van der Waals surface area contributed by atoms with Crippen molar-refractivity contribution in [3.63, 3.8) is 0 Å². The molecule has 2 saturated heterocycles. The number of aromatic nitrogens is 2. The molecule has 0 unspecified atom stereocenters. The Labute approximate surface area is 201 Å². The molecule has 3 heterocycles. The van der Waals surface area contributed by atoms with Gasteiger partial charge in [0.05, 0.1) is 28.6 Å². The number of hydrogen-bond acceptors (Lipinski definition) is 5. The summed E-state index contributed by atoms with van der Waals surface area (Å²) in [6.45, 7) is 2.73. The second-order valence-electron chi connectivity index (χ2n) is 8.32. The van der Waals surface area contributed by atoms with E-state index in [0.29, 0.717) is 18.0 Å². The van der Waals surface area contributed by atoms with Crippen molar-refractivity contribution in [1.29, 1.82) is 0 Å². The predicted octanol–water partition coefficient (Wildman–Crippen LogP) is 5.05. The van der Waals surface area contributed by atoms with Gasteiger partial charge in [-0.1, -0.05) is 39.8 Å². The van der Waals surface area contributed by atoms with Crippen molar-refractivity contribution in [2.75, 3.05) is 19.7 Å². The molecule has 2 aliphatic rings. The van der Waals surface area contributed by atoms with Crippen LogP contribution in [-0.4, -0.2) is 48.1 Å². The highest BCUT2D eigenvalue weighted by molar-refractivity contribution is 9.10. The quantitative estimate of drug-likeness (QED) is 0.396. The third kappa shape index (κ3) is 4.63. The van der Waals surface area contributed by atoms with Crippen LogP contribution in [-0.2, 0) is 27.1 Å². The summed E-state index contributed by atoms with van der Waals surface area (Å²) >= 11 is 5.21. The molecule has 0 spiro atoms. The number of hydrogen-bond donors (Lipinski definition) is 0. The Morgan fingerprint density at radius 2 is 1.97 bits per heavy atom. The largest absolute Gasteiger partial charge is 0.376 e. The molecule has 0 amide bonds. The summed E-state index contributed by atoms with van der Waals surface area (Å²) in [5, 5.41) is 0.895. The Morgan fingerprint density at radius 1 is 1.12 bits per heavy atom. The number of imidazole rings is 1. The fourth-order valence-corrected chi connectivity index (χ4v) is 7.33. The van der Waals surface area contributed by atoms with Crippen LogP contribution in [0.25, 0.3) is 11.0 Å². The molecule has 0 saturated carbocycles. The molecule has 2 fully saturated rings. The van der Waals surface area contributed by atoms with Gasteiger partial charge >= 0.3 is 0 Å². The van der Waals surface area contributed by atoms with Crippen molar-refractivity contribution >= 4 is 48.7 Å². The standard InChI is InChI=1S/C23H26BrN3O3S2/c24-18-6-3-5-17(13-18)16-31-23-25-21-14-20(32(28,29)26-10-1-2-11-26)8-9-22(21)27(23)15-19-7-4-12-30-19/h3,5-6,8-9,13-14,19H,1-2,4,7,10-12,15-16H2/t19-/m0/s1. The van der Waals surface area contributed by atoms with E-state index in [4.69, 9.17) is 9.72 Å². The zero-order chi connectivity index (χ0) is 22.1. The van der Waals surface area contributed by atoms with Gasteiger partial charge in [0.1, 0.15) is 0 Å². The van der Waals surface area contributed by atoms with Crippen LogP contribution in [0.15, 0.2) is 57.0 Å². The summed E-state index contributed by atoms with van der Waals surface area (Å²) in [5.74, 6) is 0.785. The lowest BCUT2D eigenvalue weighted by Gasteiger charge is -2.16. The smallest absolute Gasteiger partial charge is 0.243 e. The van der Waals surface area contributed by atoms with Gasteiger partial charge in [-0.25, -0.2) is 13.4 Å². The molecule has 170 valence electrons. The maximum absolute atomic E-state index is 13.1. The van der Waals surface area contributed by atoms with Crippen LogP contribution in [0.3, 0.4) is 0 Å². The first kappa shape index (κ1) is 22.4. The number of halogens is 1. The van der Waals surface area contributed by atoms with Gasteiger partial charge in [-0.15, -0.1) is 0 Å². The molecule has 0 bridgehead atoms. The number of thioether (sulfide) groups is 1. The van der Waals surface area contributed by atoms with Crippen molar-refractivity contribution < 1.29 is 13.2 Å². The van der Waals surface area contributed by atoms with Gasteiger partial charge < -0.3 is 9.30 Å². The molecular weight excluding hydrogens is 510 g/mol. The normalized spacial score (nSPS) is 19.8. The highest BCUT2D eigenvalue weighted by Crippen LogP contribution is 2.31. The first-order valence-corrected chi connectivity index (χ1v) is 14.2. The molecule has 0 N–H and O–H groups in total. The van der Waals surface area contributed by atoms with Gasteiger partial charge in [0.15, 0.2) is 5.16 Å². The topological polar surface area (TPSA) is 64.4 Å². The van der Waals surface area contributed by atoms with Gasteiger partial charge in [0.25, 0.3) is 0 Å². The third-order valence-electron chi connectivity index (χ3n) is 6.05. The summed E-state index contributed by atoms with van der Waals surface area (Å²) in [6.07, 6.45) is 4.14. The van der Waals surface area contributed by atoms with Crippen molar-refractivity contribution in [3.8, 4) is 0 Å². The SMILES string of the molecule is O=S(=O)(c1ccc2c(c1)nc(SCc1cccc(Br)c1)n2C[C@@H]1CCCO1)N1CCCC1. The summed E-state index contributed by atoms with van der Waals surface area (Å²) in [7, 11) is -3.47. The Bertz CT molecular complexity index is 1220. The average molecular weight is 537 g/mol. The van der Waals surface area contributed by atoms with Crippen LogP contribution in [0.2, 0.25) is 0 Å². The average Bonchev–Trinajstić information content (AvgIpc) is 3.54. The molecule has 6 nitrogen and oxygen atoms in total. The van der Waals surface area contributed by atoms with Gasteiger partial charge in [0, 0.05) is 29.9 Å². The minimum Gasteiger partial charge on any atom is -0.376 e. The second-order valence-corrected chi connectivity index (χ2v) is 12.1. The highest BCUT2D eigenvalue weighted by atomic mass is 79.9. The molecule has 1 aromatic heterocycles. The minimum atomic E-state index is -3.47. The zero-order valence-corrected chi connectivity index (χ0v) is 21.0. The van der Waals surface area contributed by atoms with Crippen LogP contribution < -0.4 is 0 Å². The zero-order valence-electron chi connectivity index (χ0n) is 17.7. The van der Waals surface area contributed by atoms with E-state index in [9.17, 15) is 8.42 Å². The van der Waals surface area contributed by atoms with E-state index in [2.05, 4.69) is 32.6 Å². The molecule has 5 rings (SSSR count). The lowest BCUT2D eigenvalue weighted by molar-refractivity contribution is 0.0960. The highest BCUT2D eigenvalue weighted by Gasteiger charge is 2.28. The molecule has 0 aliphatic carbocycles. The van der Waals surface area contributed by atoms with Crippen molar-refractivity contribution in [2.24, 2.45) is 0 Å². The molecule has 2 aliphatic heterocycles. The molecule has 32 heavy (non-hydrogen) atoms. The van der Waals surface area contributed by atoms with Crippen molar-refractivity contribution in [1.82, 2.24) is 13.9 Å². The molecule has 9 heteroatoms. The number of nitrogens with zero attached hydrogens (tertiary/aromatic N) is 3. The summed E-state index contributed by atoms with van der Waals surface area (Å²) in [4.78, 5) is 5.20. The summed E-state index contributed by atoms with van der Waals surface area (Å²) in [5.41, 5.74) is 2.88. The number of ether oxygens (including phenoxy) is 1. The van der Waals surface area contributed by atoms with E-state index in [1.54, 1.807) is 28.2 Å². The molecule has 1 atom stereocenters. The third-order valence-corrected chi connectivity index (χ3v) is 9.49. The lowest BCUT2D eigenvalue weighted by atomic mass is 10.2. The molecule has 0 radical (unpaired) electrons. The van der Waals surface area contributed by atoms with E-state index in [1.165, 1.54) is 5.56 Å². The van der Waals surface area contributed by atoms with E-state index >= 15 is 0 Å². The first-order chi connectivity index (χ1) is 15.5. The fraction of sp³-hybridized carbons (Fsp3) is 0.435. The number of benzene rings is 2. The summed E-state index contributed by atoms with van der Waals surface area (Å²) in [6, 6.07) is 13.6. The van der Waals surface area contributed by atoms with E-state index in [-0.39, 0.29) is 6.10 Å². The van der Waals surface area contributed by atoms with Crippen molar-refractivity contribution in [2.45, 2.75) is 54.1 Å². The van der Waals surface area contributed by atoms with Crippen LogP contribution in [0.4, 0.5) is 0 Å². The first-order valence-electron chi connectivity index (χ1n) is 11.0. The summed E-state index contributed by atoms with van der Waals surface area (Å²) < 4.78 is 36.8. The van der Waals surface area contributed by atoms with Crippen LogP contribution in [0, 0.1) is 0 Å². The molecule has 2 aromatic carbocycles. The maximum atomic E-state index is 13.1. The van der Waals surface area contributed by atoms with E-state index in [0.717, 1.165) is 65.3 Å². The Balaban J connectivity index is 1.48. The Hall–Kier alpha value is -1.39. The number of fused-ring (bicyclic) bond motifs is 1. The van der Waals surface area contributed by atoms with E-state index < -0.39 is 10.0 Å². The van der Waals surface area contributed by atoms with E-state index in [1.807, 2.05) is 18.2 Å². The second kappa shape index (κ2) is 9.46. The van der Waals surface area contributed by atoms with Crippen LogP contribution in [0.5, 0.6) is 0 Å². The Morgan fingerprint density at radius 3 is 2.72 bits per heavy atom. The lowest BCUT2D eigenvalue weighted by Crippen LogP contribution is -2.27. The number of sulfonamides is 1. The van der Waals surface area contributed by atoms with Crippen LogP contribution in [0.1, 0.15) is 31.2 Å². The van der Waals surface area contributed by atoms with Gasteiger partial charge in [-0.05, 0) is 61.6 Å².